The fraction of sp³-hybridized carbons (Fsp3) is 0.417. The molecule has 0 aromatic carbocycles. The van der Waals surface area contributed by atoms with Crippen LogP contribution in [0.5, 0.6) is 0 Å². The van der Waals surface area contributed by atoms with Crippen molar-refractivity contribution in [1.82, 2.24) is 5.32 Å². The molecule has 1 aromatic rings. The number of hydrogen-bond donors (Lipinski definition) is 2. The van der Waals surface area contributed by atoms with E-state index in [4.69, 9.17) is 45.3 Å². The first-order valence-corrected chi connectivity index (χ1v) is 7.23. The monoisotopic (exact) mass is 354 g/mol. The van der Waals surface area contributed by atoms with Crippen LogP contribution in [0.15, 0.2) is 0 Å². The van der Waals surface area contributed by atoms with E-state index >= 15 is 0 Å². The quantitative estimate of drug-likeness (QED) is 0.624. The first kappa shape index (κ1) is 17.8. The van der Waals surface area contributed by atoms with Crippen LogP contribution < -0.4 is 16.0 Å². The summed E-state index contributed by atoms with van der Waals surface area (Å²) in [7, 11) is 0. The molecule has 0 fully saturated rings. The molecule has 1 aromatic heterocycles. The van der Waals surface area contributed by atoms with Gasteiger partial charge in [0.15, 0.2) is 6.61 Å². The Labute approximate surface area is 136 Å². The van der Waals surface area contributed by atoms with Crippen molar-refractivity contribution in [2.45, 2.75) is 26.3 Å². The Morgan fingerprint density at radius 3 is 2.52 bits per heavy atom. The maximum atomic E-state index is 11.9. The molecular formula is C12H15Cl3N3O3+. The number of rotatable bonds is 5. The molecule has 4 N–H and O–H groups in total. The highest BCUT2D eigenvalue weighted by atomic mass is 35.5. The van der Waals surface area contributed by atoms with Gasteiger partial charge in [0.2, 0.25) is 0 Å². The molecule has 1 amide bonds. The number of aromatic nitrogens is 1. The highest BCUT2D eigenvalue weighted by molar-refractivity contribution is 6.45. The van der Waals surface area contributed by atoms with Crippen LogP contribution >= 0.6 is 34.8 Å². The van der Waals surface area contributed by atoms with E-state index in [0.29, 0.717) is 0 Å². The molecule has 0 radical (unpaired) electrons. The lowest BCUT2D eigenvalue weighted by molar-refractivity contribution is -0.380. The Bertz CT molecular complexity index is 566. The van der Waals surface area contributed by atoms with Crippen molar-refractivity contribution in [2.75, 3.05) is 12.3 Å². The van der Waals surface area contributed by atoms with E-state index in [2.05, 4.69) is 10.3 Å². The van der Waals surface area contributed by atoms with Crippen LogP contribution in [0.3, 0.4) is 0 Å². The standard InChI is InChI=1S/C12H14Cl3N3O3/c1-3-5(2)17-6(19)4-21-12(20)10-7(13)9(16)8(14)11(15)18-10/h5H,3-4H2,1-2H3,(H2,16,18)(H,17,19)/p+1/t5-/m1/s1. The van der Waals surface area contributed by atoms with Gasteiger partial charge in [0, 0.05) is 6.04 Å². The Morgan fingerprint density at radius 2 is 1.95 bits per heavy atom. The number of aromatic amines is 1. The van der Waals surface area contributed by atoms with Crippen molar-refractivity contribution in [1.29, 1.82) is 0 Å². The summed E-state index contributed by atoms with van der Waals surface area (Å²) in [6, 6.07) is -0.00743. The number of carbonyl (C=O) groups excluding carboxylic acids is 2. The Hall–Kier alpha value is -1.24. The fourth-order valence-corrected chi connectivity index (χ4v) is 1.94. The van der Waals surface area contributed by atoms with Gasteiger partial charge in [-0.05, 0) is 24.9 Å². The number of hydrogen-bond acceptors (Lipinski definition) is 4. The zero-order valence-electron chi connectivity index (χ0n) is 11.4. The van der Waals surface area contributed by atoms with Gasteiger partial charge in [-0.3, -0.25) is 4.79 Å². The van der Waals surface area contributed by atoms with Crippen molar-refractivity contribution in [3.05, 3.63) is 20.9 Å². The van der Waals surface area contributed by atoms with Crippen LogP contribution in [0.25, 0.3) is 0 Å². The van der Waals surface area contributed by atoms with Gasteiger partial charge in [-0.1, -0.05) is 30.1 Å². The van der Waals surface area contributed by atoms with Gasteiger partial charge in [-0.15, -0.1) is 0 Å². The van der Waals surface area contributed by atoms with Crippen molar-refractivity contribution >= 4 is 52.4 Å². The summed E-state index contributed by atoms with van der Waals surface area (Å²) in [6.07, 6.45) is 0.766. The normalized spacial score (nSPS) is 11.9. The molecule has 0 bridgehead atoms. The molecule has 0 aliphatic rings. The minimum absolute atomic E-state index is 0.00716. The van der Waals surface area contributed by atoms with Crippen LogP contribution in [0.4, 0.5) is 5.69 Å². The third kappa shape index (κ3) is 4.62. The van der Waals surface area contributed by atoms with Gasteiger partial charge in [0.05, 0.1) is 5.69 Å². The first-order chi connectivity index (χ1) is 9.77. The van der Waals surface area contributed by atoms with Crippen LogP contribution in [0.2, 0.25) is 15.2 Å². The zero-order chi connectivity index (χ0) is 16.2. The number of ether oxygens (including phenoxy) is 1. The third-order valence-corrected chi connectivity index (χ3v) is 3.84. The average Bonchev–Trinajstić information content (AvgIpc) is 2.46. The molecule has 0 saturated carbocycles. The minimum Gasteiger partial charge on any atom is -0.448 e. The number of halogens is 3. The van der Waals surface area contributed by atoms with Crippen LogP contribution in [-0.4, -0.2) is 24.5 Å². The van der Waals surface area contributed by atoms with E-state index < -0.39 is 18.5 Å². The maximum absolute atomic E-state index is 11.9. The highest BCUT2D eigenvalue weighted by Crippen LogP contribution is 2.32. The zero-order valence-corrected chi connectivity index (χ0v) is 13.7. The summed E-state index contributed by atoms with van der Waals surface area (Å²) in [5.41, 5.74) is 5.40. The molecule has 116 valence electrons. The number of nitrogens with one attached hydrogen (secondary N) is 2. The van der Waals surface area contributed by atoms with Gasteiger partial charge in [0.1, 0.15) is 10.0 Å². The van der Waals surface area contributed by atoms with Gasteiger partial charge in [-0.2, -0.15) is 4.98 Å². The number of amides is 1. The second-order valence-electron chi connectivity index (χ2n) is 4.31. The van der Waals surface area contributed by atoms with Gasteiger partial charge < -0.3 is 15.8 Å². The van der Waals surface area contributed by atoms with Crippen molar-refractivity contribution < 1.29 is 19.3 Å². The second kappa shape index (κ2) is 7.68. The van der Waals surface area contributed by atoms with Crippen LogP contribution in [0, 0.1) is 0 Å². The predicted octanol–water partition coefficient (Wildman–Crippen LogP) is 2.11. The number of pyridine rings is 1. The number of anilines is 1. The summed E-state index contributed by atoms with van der Waals surface area (Å²) in [5, 5.41) is 2.50. The summed E-state index contributed by atoms with van der Waals surface area (Å²) in [4.78, 5) is 25.9. The lowest BCUT2D eigenvalue weighted by atomic mass is 10.2. The molecule has 0 unspecified atom stereocenters. The molecule has 21 heavy (non-hydrogen) atoms. The number of carbonyl (C=O) groups is 2. The van der Waals surface area contributed by atoms with Gasteiger partial charge in [-0.25, -0.2) is 4.79 Å². The van der Waals surface area contributed by atoms with E-state index in [1.807, 2.05) is 13.8 Å². The van der Waals surface area contributed by atoms with Crippen LogP contribution in [0.1, 0.15) is 30.8 Å². The summed E-state index contributed by atoms with van der Waals surface area (Å²) >= 11 is 17.4. The molecule has 6 nitrogen and oxygen atoms in total. The molecule has 1 rings (SSSR count). The summed E-state index contributed by atoms with van der Waals surface area (Å²) in [6.45, 7) is 3.32. The van der Waals surface area contributed by atoms with Crippen LogP contribution in [-0.2, 0) is 9.53 Å². The third-order valence-electron chi connectivity index (χ3n) is 2.68. The molecule has 1 heterocycles. The first-order valence-electron chi connectivity index (χ1n) is 6.09. The molecule has 0 aliphatic carbocycles. The largest absolute Gasteiger partial charge is 0.448 e. The lowest BCUT2D eigenvalue weighted by Crippen LogP contribution is -2.36. The summed E-state index contributed by atoms with van der Waals surface area (Å²) in [5.74, 6) is -1.27. The van der Waals surface area contributed by atoms with E-state index in [1.165, 1.54) is 0 Å². The SMILES string of the molecule is CC[C@@H](C)NC(=O)COC(=O)c1[nH+]c(Cl)c(Cl)c(N)c1Cl. The van der Waals surface area contributed by atoms with Crippen molar-refractivity contribution in [3.63, 3.8) is 0 Å². The number of nitrogen functional groups attached to an aromatic ring is 1. The lowest BCUT2D eigenvalue weighted by Gasteiger charge is -2.11. The van der Waals surface area contributed by atoms with E-state index in [1.54, 1.807) is 0 Å². The topological polar surface area (TPSA) is 95.6 Å². The van der Waals surface area contributed by atoms with E-state index in [0.717, 1.165) is 6.42 Å². The van der Waals surface area contributed by atoms with Gasteiger partial charge >= 0.3 is 11.7 Å². The fourth-order valence-electron chi connectivity index (χ4n) is 1.33. The minimum atomic E-state index is -0.857. The molecule has 1 atom stereocenters. The predicted molar refractivity (Wildman–Crippen MR) is 80.6 cm³/mol. The van der Waals surface area contributed by atoms with E-state index in [9.17, 15) is 9.59 Å². The van der Waals surface area contributed by atoms with E-state index in [-0.39, 0.29) is 32.6 Å². The Morgan fingerprint density at radius 1 is 1.33 bits per heavy atom. The van der Waals surface area contributed by atoms with Crippen molar-refractivity contribution in [2.24, 2.45) is 0 Å². The molecule has 0 spiro atoms. The summed E-state index contributed by atoms with van der Waals surface area (Å²) < 4.78 is 4.84. The Kier molecular flexibility index (Phi) is 6.51. The maximum Gasteiger partial charge on any atom is 0.405 e. The second-order valence-corrected chi connectivity index (χ2v) is 5.44. The molecule has 0 saturated heterocycles. The van der Waals surface area contributed by atoms with Gasteiger partial charge in [0.25, 0.3) is 11.1 Å². The highest BCUT2D eigenvalue weighted by Gasteiger charge is 2.27. The molecule has 0 aliphatic heterocycles. The number of nitrogens with two attached hydrogens (primary N) is 1. The Balaban J connectivity index is 2.75. The average molecular weight is 356 g/mol. The number of esters is 1. The molecule has 9 heteroatoms. The molecular weight excluding hydrogens is 341 g/mol. The smallest absolute Gasteiger partial charge is 0.405 e. The van der Waals surface area contributed by atoms with Crippen molar-refractivity contribution in [3.8, 4) is 0 Å². The number of H-pyrrole nitrogens is 1.